The van der Waals surface area contributed by atoms with Crippen molar-refractivity contribution in [1.82, 2.24) is 19.9 Å². The molecule has 7 nitrogen and oxygen atoms in total. The number of carbonyl (C=O) groups excluding carboxylic acids is 2. The summed E-state index contributed by atoms with van der Waals surface area (Å²) < 4.78 is 5.17. The van der Waals surface area contributed by atoms with E-state index in [4.69, 9.17) is 4.52 Å². The smallest absolute Gasteiger partial charge is 0.227 e. The van der Waals surface area contributed by atoms with E-state index in [1.165, 1.54) is 0 Å². The number of likely N-dealkylation sites (N-methyl/N-ethyl adjacent to an activating group) is 1. The Labute approximate surface area is 178 Å². The van der Waals surface area contributed by atoms with Gasteiger partial charge in [-0.25, -0.2) is 0 Å². The van der Waals surface area contributed by atoms with Crippen molar-refractivity contribution in [3.63, 3.8) is 0 Å². The second-order valence-corrected chi connectivity index (χ2v) is 8.25. The quantitative estimate of drug-likeness (QED) is 0.666. The molecule has 30 heavy (non-hydrogen) atoms. The maximum absolute atomic E-state index is 12.8. The van der Waals surface area contributed by atoms with Gasteiger partial charge in [0.25, 0.3) is 0 Å². The van der Waals surface area contributed by atoms with Gasteiger partial charge in [-0.05, 0) is 51.2 Å². The van der Waals surface area contributed by atoms with Gasteiger partial charge in [0.2, 0.25) is 11.8 Å². The second kappa shape index (κ2) is 10.4. The van der Waals surface area contributed by atoms with E-state index in [0.717, 1.165) is 55.7 Å². The molecule has 2 amide bonds. The predicted octanol–water partition coefficient (Wildman–Crippen LogP) is 2.95. The highest BCUT2D eigenvalue weighted by atomic mass is 16.5. The topological polar surface area (TPSA) is 79.5 Å². The molecule has 0 aromatic carbocycles. The minimum absolute atomic E-state index is 0.118. The van der Waals surface area contributed by atoms with Crippen LogP contribution in [-0.4, -0.2) is 58.4 Å². The van der Waals surface area contributed by atoms with E-state index in [-0.39, 0.29) is 11.8 Å². The molecule has 7 heteroatoms. The first-order valence-corrected chi connectivity index (χ1v) is 10.8. The number of piperidine rings is 1. The van der Waals surface area contributed by atoms with Crippen molar-refractivity contribution in [3.8, 4) is 0 Å². The van der Waals surface area contributed by atoms with Gasteiger partial charge in [-0.1, -0.05) is 11.2 Å². The van der Waals surface area contributed by atoms with Gasteiger partial charge < -0.3 is 14.3 Å². The summed E-state index contributed by atoms with van der Waals surface area (Å²) in [5.41, 5.74) is 2.68. The molecule has 1 unspecified atom stereocenters. The zero-order chi connectivity index (χ0) is 21.5. The lowest BCUT2D eigenvalue weighted by atomic mass is 9.92. The average molecular weight is 413 g/mol. The Morgan fingerprint density at radius 2 is 2.13 bits per heavy atom. The van der Waals surface area contributed by atoms with Crippen molar-refractivity contribution in [2.24, 2.45) is 5.92 Å². The van der Waals surface area contributed by atoms with Gasteiger partial charge >= 0.3 is 0 Å². The number of carbonyl (C=O) groups is 2. The molecule has 0 bridgehead atoms. The zero-order valence-electron chi connectivity index (χ0n) is 18.3. The van der Waals surface area contributed by atoms with Crippen LogP contribution in [0.4, 0.5) is 0 Å². The van der Waals surface area contributed by atoms with Crippen LogP contribution in [0.1, 0.15) is 48.4 Å². The van der Waals surface area contributed by atoms with E-state index < -0.39 is 0 Å². The summed E-state index contributed by atoms with van der Waals surface area (Å²) in [7, 11) is 1.85. The Morgan fingerprint density at radius 3 is 2.83 bits per heavy atom. The molecule has 1 aliphatic rings. The molecule has 0 spiro atoms. The van der Waals surface area contributed by atoms with E-state index in [9.17, 15) is 9.59 Å². The average Bonchev–Trinajstić information content (AvgIpc) is 3.08. The molecular weight excluding hydrogens is 380 g/mol. The molecule has 1 atom stereocenters. The van der Waals surface area contributed by atoms with Crippen LogP contribution >= 0.6 is 0 Å². The molecular formula is C23H32N4O3. The predicted molar refractivity (Wildman–Crippen MR) is 114 cm³/mol. The minimum Gasteiger partial charge on any atom is -0.361 e. The van der Waals surface area contributed by atoms with Crippen LogP contribution in [-0.2, 0) is 22.4 Å². The normalized spacial score (nSPS) is 16.5. The minimum atomic E-state index is 0.118. The van der Waals surface area contributed by atoms with Crippen LogP contribution in [0.3, 0.4) is 0 Å². The van der Waals surface area contributed by atoms with E-state index in [2.05, 4.69) is 10.1 Å². The summed E-state index contributed by atoms with van der Waals surface area (Å²) >= 11 is 0. The highest BCUT2D eigenvalue weighted by Gasteiger charge is 2.26. The zero-order valence-corrected chi connectivity index (χ0v) is 18.3. The van der Waals surface area contributed by atoms with E-state index >= 15 is 0 Å². The second-order valence-electron chi connectivity index (χ2n) is 8.25. The Balaban J connectivity index is 1.43. The molecule has 1 fully saturated rings. The summed E-state index contributed by atoms with van der Waals surface area (Å²) in [5, 5.41) is 3.94. The van der Waals surface area contributed by atoms with Gasteiger partial charge in [-0.2, -0.15) is 0 Å². The van der Waals surface area contributed by atoms with E-state index in [1.807, 2.05) is 44.0 Å². The molecule has 2 aromatic heterocycles. The van der Waals surface area contributed by atoms with Crippen molar-refractivity contribution in [2.45, 2.75) is 52.4 Å². The molecule has 3 heterocycles. The van der Waals surface area contributed by atoms with Crippen LogP contribution < -0.4 is 0 Å². The first-order chi connectivity index (χ1) is 14.4. The van der Waals surface area contributed by atoms with Crippen LogP contribution in [0, 0.1) is 19.8 Å². The maximum Gasteiger partial charge on any atom is 0.227 e. The van der Waals surface area contributed by atoms with Crippen molar-refractivity contribution in [3.05, 3.63) is 47.1 Å². The van der Waals surface area contributed by atoms with Crippen molar-refractivity contribution < 1.29 is 14.1 Å². The largest absolute Gasteiger partial charge is 0.361 e. The molecule has 162 valence electrons. The number of nitrogens with zero attached hydrogens (tertiary/aromatic N) is 4. The van der Waals surface area contributed by atoms with Gasteiger partial charge in [-0.3, -0.25) is 14.6 Å². The monoisotopic (exact) mass is 412 g/mol. The molecule has 3 rings (SSSR count). The standard InChI is InChI=1S/C23H32N4O3/c1-17-21(18(2)30-25-17)15-23(29)27-13-6-7-19(16-27)9-10-22(28)26(3)14-11-20-8-4-5-12-24-20/h4-5,8,12,19H,6-7,9-11,13-16H2,1-3H3. The SMILES string of the molecule is Cc1noc(C)c1CC(=O)N1CCCC(CCC(=O)N(C)CCc2ccccn2)C1. The number of hydrogen-bond donors (Lipinski definition) is 0. The molecule has 1 saturated heterocycles. The lowest BCUT2D eigenvalue weighted by molar-refractivity contribution is -0.132. The Hall–Kier alpha value is -2.70. The van der Waals surface area contributed by atoms with Gasteiger partial charge in [-0.15, -0.1) is 0 Å². The van der Waals surface area contributed by atoms with Gasteiger partial charge in [0.05, 0.1) is 12.1 Å². The molecule has 1 aliphatic heterocycles. The third-order valence-corrected chi connectivity index (χ3v) is 6.00. The Morgan fingerprint density at radius 1 is 1.30 bits per heavy atom. The van der Waals surface area contributed by atoms with Crippen molar-refractivity contribution in [2.75, 3.05) is 26.7 Å². The first-order valence-electron chi connectivity index (χ1n) is 10.8. The lowest BCUT2D eigenvalue weighted by Gasteiger charge is -2.33. The molecule has 2 aromatic rings. The number of rotatable bonds is 8. The fraction of sp³-hybridized carbons (Fsp3) is 0.565. The first kappa shape index (κ1) is 22.0. The van der Waals surface area contributed by atoms with Crippen LogP contribution in [0.2, 0.25) is 0 Å². The number of likely N-dealkylation sites (tertiary alicyclic amines) is 1. The molecule has 0 saturated carbocycles. The molecule has 0 N–H and O–H groups in total. The van der Waals surface area contributed by atoms with Crippen molar-refractivity contribution >= 4 is 11.8 Å². The third kappa shape index (κ3) is 5.90. The van der Waals surface area contributed by atoms with Crippen molar-refractivity contribution in [1.29, 1.82) is 0 Å². The van der Waals surface area contributed by atoms with Crippen LogP contribution in [0.25, 0.3) is 0 Å². The summed E-state index contributed by atoms with van der Waals surface area (Å²) in [6.07, 6.45) is 6.28. The summed E-state index contributed by atoms with van der Waals surface area (Å²) in [6, 6.07) is 5.84. The van der Waals surface area contributed by atoms with E-state index in [1.54, 1.807) is 11.1 Å². The number of hydrogen-bond acceptors (Lipinski definition) is 5. The highest BCUT2D eigenvalue weighted by molar-refractivity contribution is 5.79. The summed E-state index contributed by atoms with van der Waals surface area (Å²) in [4.78, 5) is 33.3. The summed E-state index contributed by atoms with van der Waals surface area (Å²) in [6.45, 7) is 5.90. The number of pyridine rings is 1. The van der Waals surface area contributed by atoms with Gasteiger partial charge in [0.1, 0.15) is 5.76 Å². The lowest BCUT2D eigenvalue weighted by Crippen LogP contribution is -2.41. The number of aryl methyl sites for hydroxylation is 2. The Bertz CT molecular complexity index is 830. The number of amides is 2. The fourth-order valence-corrected chi connectivity index (χ4v) is 4.02. The van der Waals surface area contributed by atoms with E-state index in [0.29, 0.717) is 31.1 Å². The number of aromatic nitrogens is 2. The summed E-state index contributed by atoms with van der Waals surface area (Å²) in [5.74, 6) is 1.37. The third-order valence-electron chi connectivity index (χ3n) is 6.00. The maximum atomic E-state index is 12.8. The highest BCUT2D eigenvalue weighted by Crippen LogP contribution is 2.23. The van der Waals surface area contributed by atoms with Crippen LogP contribution in [0.5, 0.6) is 0 Å². The van der Waals surface area contributed by atoms with Crippen LogP contribution in [0.15, 0.2) is 28.9 Å². The van der Waals surface area contributed by atoms with Gasteiger partial charge in [0.15, 0.2) is 0 Å². The van der Waals surface area contributed by atoms with Gasteiger partial charge in [0, 0.05) is 57.0 Å². The fourth-order valence-electron chi connectivity index (χ4n) is 4.02. The molecule has 0 aliphatic carbocycles. The Kier molecular flexibility index (Phi) is 7.60. The molecule has 0 radical (unpaired) electrons.